The van der Waals surface area contributed by atoms with Gasteiger partial charge in [-0.15, -0.1) is 0 Å². The molecule has 1 unspecified atom stereocenters. The van der Waals surface area contributed by atoms with Gasteiger partial charge in [-0.1, -0.05) is 30.3 Å². The SMILES string of the molecule is CC1CCN(C(=O)CSc2nc(Cl)cc(N3CCN(C(=O)NC(C)C)C(C)C3)n2)CC1. The maximum Gasteiger partial charge on any atom is 0.317 e. The number of aromatic nitrogens is 2. The molecule has 10 heteroatoms. The fourth-order valence-corrected chi connectivity index (χ4v) is 4.87. The smallest absolute Gasteiger partial charge is 0.317 e. The Morgan fingerprint density at radius 2 is 1.90 bits per heavy atom. The van der Waals surface area contributed by atoms with Crippen LogP contribution in [0.15, 0.2) is 11.2 Å². The van der Waals surface area contributed by atoms with Crippen LogP contribution in [0.3, 0.4) is 0 Å². The zero-order chi connectivity index (χ0) is 22.5. The van der Waals surface area contributed by atoms with Crippen LogP contribution < -0.4 is 10.2 Å². The van der Waals surface area contributed by atoms with Crippen molar-refractivity contribution < 1.29 is 9.59 Å². The molecule has 8 nitrogen and oxygen atoms in total. The molecule has 2 aliphatic rings. The van der Waals surface area contributed by atoms with Crippen LogP contribution >= 0.6 is 23.4 Å². The molecule has 0 bridgehead atoms. The summed E-state index contributed by atoms with van der Waals surface area (Å²) in [5.74, 6) is 1.86. The second kappa shape index (κ2) is 10.7. The maximum atomic E-state index is 12.5. The molecule has 0 spiro atoms. The molecular weight excluding hydrogens is 436 g/mol. The van der Waals surface area contributed by atoms with Gasteiger partial charge < -0.3 is 20.0 Å². The summed E-state index contributed by atoms with van der Waals surface area (Å²) >= 11 is 7.59. The number of urea groups is 1. The molecule has 0 aliphatic carbocycles. The Morgan fingerprint density at radius 1 is 1.19 bits per heavy atom. The Labute approximate surface area is 194 Å². The van der Waals surface area contributed by atoms with Gasteiger partial charge in [0.05, 0.1) is 5.75 Å². The minimum absolute atomic E-state index is 0.0373. The first-order chi connectivity index (χ1) is 14.7. The summed E-state index contributed by atoms with van der Waals surface area (Å²) in [4.78, 5) is 39.8. The molecule has 2 aliphatic heterocycles. The fraction of sp³-hybridized carbons (Fsp3) is 0.714. The number of piperidine rings is 1. The van der Waals surface area contributed by atoms with E-state index in [4.69, 9.17) is 11.6 Å². The van der Waals surface area contributed by atoms with Crippen LogP contribution in [0.5, 0.6) is 0 Å². The van der Waals surface area contributed by atoms with Gasteiger partial charge in [-0.25, -0.2) is 14.8 Å². The molecule has 2 fully saturated rings. The van der Waals surface area contributed by atoms with Crippen molar-refractivity contribution in [2.45, 2.75) is 57.8 Å². The number of halogens is 1. The van der Waals surface area contributed by atoms with Gasteiger partial charge in [0.25, 0.3) is 0 Å². The summed E-state index contributed by atoms with van der Waals surface area (Å²) in [5.41, 5.74) is 0. The second-order valence-electron chi connectivity index (χ2n) is 8.78. The van der Waals surface area contributed by atoms with E-state index in [9.17, 15) is 9.59 Å². The number of amides is 3. The molecule has 1 aromatic rings. The van der Waals surface area contributed by atoms with Crippen molar-refractivity contribution in [3.05, 3.63) is 11.2 Å². The van der Waals surface area contributed by atoms with Crippen molar-refractivity contribution in [3.8, 4) is 0 Å². The Kier molecular flexibility index (Phi) is 8.27. The van der Waals surface area contributed by atoms with Gasteiger partial charge in [-0.2, -0.15) is 0 Å². The molecule has 1 atom stereocenters. The highest BCUT2D eigenvalue weighted by Crippen LogP contribution is 2.25. The normalized spacial score (nSPS) is 20.3. The van der Waals surface area contributed by atoms with Gasteiger partial charge in [0, 0.05) is 50.9 Å². The van der Waals surface area contributed by atoms with Crippen molar-refractivity contribution in [2.75, 3.05) is 43.4 Å². The van der Waals surface area contributed by atoms with Crippen LogP contribution in [0, 0.1) is 5.92 Å². The third kappa shape index (κ3) is 6.62. The number of carbonyl (C=O) groups excluding carboxylic acids is 2. The number of hydrogen-bond acceptors (Lipinski definition) is 6. The van der Waals surface area contributed by atoms with E-state index in [-0.39, 0.29) is 24.0 Å². The predicted octanol–water partition coefficient (Wildman–Crippen LogP) is 3.11. The molecule has 1 aromatic heterocycles. The van der Waals surface area contributed by atoms with E-state index in [1.54, 1.807) is 6.07 Å². The number of piperazine rings is 1. The third-order valence-electron chi connectivity index (χ3n) is 5.75. The first-order valence-electron chi connectivity index (χ1n) is 11.0. The summed E-state index contributed by atoms with van der Waals surface area (Å²) in [6.07, 6.45) is 2.13. The van der Waals surface area contributed by atoms with Crippen molar-refractivity contribution in [1.29, 1.82) is 0 Å². The van der Waals surface area contributed by atoms with E-state index < -0.39 is 0 Å². The summed E-state index contributed by atoms with van der Waals surface area (Å²) in [6.45, 7) is 11.8. The Bertz CT molecular complexity index is 787. The topological polar surface area (TPSA) is 81.7 Å². The zero-order valence-electron chi connectivity index (χ0n) is 18.8. The number of nitrogens with zero attached hydrogens (tertiary/aromatic N) is 5. The molecule has 0 saturated carbocycles. The largest absolute Gasteiger partial charge is 0.353 e. The number of likely N-dealkylation sites (tertiary alicyclic amines) is 1. The standard InChI is InChI=1S/C21H33ClN6O2S/c1-14(2)23-21(30)28-10-9-27(12-16(28)4)18-11-17(22)24-20(25-18)31-13-19(29)26-7-5-15(3)6-8-26/h11,14-16H,5-10,12-13H2,1-4H3,(H,23,30). The Balaban J connectivity index is 1.58. The highest BCUT2D eigenvalue weighted by Gasteiger charge is 2.29. The lowest BCUT2D eigenvalue weighted by molar-refractivity contribution is -0.129. The van der Waals surface area contributed by atoms with Crippen molar-refractivity contribution in [2.24, 2.45) is 5.92 Å². The van der Waals surface area contributed by atoms with E-state index in [0.717, 1.165) is 31.7 Å². The molecule has 3 rings (SSSR count). The van der Waals surface area contributed by atoms with E-state index >= 15 is 0 Å². The number of hydrogen-bond donors (Lipinski definition) is 1. The molecule has 3 heterocycles. The number of nitrogens with one attached hydrogen (secondary N) is 1. The average Bonchev–Trinajstić information content (AvgIpc) is 2.71. The first kappa shape index (κ1) is 23.9. The van der Waals surface area contributed by atoms with Crippen LogP contribution in [-0.2, 0) is 4.79 Å². The van der Waals surface area contributed by atoms with Gasteiger partial charge in [-0.3, -0.25) is 4.79 Å². The molecule has 2 saturated heterocycles. The van der Waals surface area contributed by atoms with Crippen LogP contribution in [0.2, 0.25) is 5.15 Å². The van der Waals surface area contributed by atoms with E-state index in [2.05, 4.69) is 27.1 Å². The molecule has 31 heavy (non-hydrogen) atoms. The molecular formula is C21H33ClN6O2S. The van der Waals surface area contributed by atoms with Crippen LogP contribution in [-0.4, -0.2) is 82.3 Å². The minimum atomic E-state index is -0.0373. The molecule has 172 valence electrons. The van der Waals surface area contributed by atoms with Crippen LogP contribution in [0.1, 0.15) is 40.5 Å². The van der Waals surface area contributed by atoms with Crippen molar-refractivity contribution in [1.82, 2.24) is 25.1 Å². The van der Waals surface area contributed by atoms with Crippen molar-refractivity contribution in [3.63, 3.8) is 0 Å². The van der Waals surface area contributed by atoms with Gasteiger partial charge in [0.1, 0.15) is 11.0 Å². The highest BCUT2D eigenvalue weighted by atomic mass is 35.5. The first-order valence-corrected chi connectivity index (χ1v) is 12.4. The van der Waals surface area contributed by atoms with Gasteiger partial charge in [-0.05, 0) is 39.5 Å². The Hall–Kier alpha value is -1.74. The summed E-state index contributed by atoms with van der Waals surface area (Å²) in [7, 11) is 0. The lowest BCUT2D eigenvalue weighted by Crippen LogP contribution is -2.57. The van der Waals surface area contributed by atoms with Gasteiger partial charge in [0.15, 0.2) is 5.16 Å². The summed E-state index contributed by atoms with van der Waals surface area (Å²) in [5, 5.41) is 3.82. The van der Waals surface area contributed by atoms with E-state index in [0.29, 0.717) is 41.6 Å². The zero-order valence-corrected chi connectivity index (χ0v) is 20.4. The number of carbonyl (C=O) groups is 2. The van der Waals surface area contributed by atoms with Crippen LogP contribution in [0.25, 0.3) is 0 Å². The van der Waals surface area contributed by atoms with Crippen molar-refractivity contribution >= 4 is 41.1 Å². The molecule has 1 N–H and O–H groups in total. The summed E-state index contributed by atoms with van der Waals surface area (Å²) in [6, 6.07) is 1.86. The number of anilines is 1. The second-order valence-corrected chi connectivity index (χ2v) is 10.1. The quantitative estimate of drug-likeness (QED) is 0.406. The van der Waals surface area contributed by atoms with E-state index in [1.165, 1.54) is 11.8 Å². The third-order valence-corrected chi connectivity index (χ3v) is 6.77. The molecule has 3 amide bonds. The average molecular weight is 469 g/mol. The van der Waals surface area contributed by atoms with Crippen LogP contribution in [0.4, 0.5) is 10.6 Å². The minimum Gasteiger partial charge on any atom is -0.353 e. The fourth-order valence-electron chi connectivity index (χ4n) is 3.88. The Morgan fingerprint density at radius 3 is 2.55 bits per heavy atom. The summed E-state index contributed by atoms with van der Waals surface area (Å²) < 4.78 is 0. The van der Waals surface area contributed by atoms with Gasteiger partial charge >= 0.3 is 6.03 Å². The van der Waals surface area contributed by atoms with Gasteiger partial charge in [0.2, 0.25) is 5.91 Å². The number of thioether (sulfide) groups is 1. The predicted molar refractivity (Wildman–Crippen MR) is 125 cm³/mol. The highest BCUT2D eigenvalue weighted by molar-refractivity contribution is 7.99. The molecule has 0 aromatic carbocycles. The lowest BCUT2D eigenvalue weighted by atomic mass is 9.99. The molecule has 0 radical (unpaired) electrons. The van der Waals surface area contributed by atoms with E-state index in [1.807, 2.05) is 30.6 Å². The monoisotopic (exact) mass is 468 g/mol. The maximum absolute atomic E-state index is 12.5. The number of rotatable bonds is 5. The lowest BCUT2D eigenvalue weighted by Gasteiger charge is -2.40.